The lowest BCUT2D eigenvalue weighted by Crippen LogP contribution is -1.85. The van der Waals surface area contributed by atoms with Crippen LogP contribution in [0.25, 0.3) is 0 Å². The van der Waals surface area contributed by atoms with E-state index in [1.54, 1.807) is 0 Å². The molecule has 0 fully saturated rings. The Kier molecular flexibility index (Phi) is 9.39. The van der Waals surface area contributed by atoms with Crippen molar-refractivity contribution in [1.29, 1.82) is 0 Å². The van der Waals surface area contributed by atoms with Crippen LogP contribution in [0.1, 0.15) is 39.5 Å². The predicted octanol–water partition coefficient (Wildman–Crippen LogP) is 3.60. The minimum Gasteiger partial charge on any atom is -0.102 e. The molecule has 0 amide bonds. The highest BCUT2D eigenvalue weighted by atomic mass is 79.9. The van der Waals surface area contributed by atoms with Gasteiger partial charge in [-0.1, -0.05) is 54.0 Å². The zero-order chi connectivity index (χ0) is 9.94. The van der Waals surface area contributed by atoms with Crippen molar-refractivity contribution in [3.63, 3.8) is 0 Å². The highest BCUT2D eigenvalue weighted by Crippen LogP contribution is 2.04. The Bertz CT molecular complexity index is 219. The van der Waals surface area contributed by atoms with Crippen molar-refractivity contribution < 1.29 is 0 Å². The van der Waals surface area contributed by atoms with Crippen LogP contribution < -0.4 is 0 Å². The molecule has 0 N–H and O–H groups in total. The van der Waals surface area contributed by atoms with Crippen LogP contribution in [0.3, 0.4) is 0 Å². The summed E-state index contributed by atoms with van der Waals surface area (Å²) < 4.78 is 0. The molecule has 0 unspecified atom stereocenters. The maximum atomic E-state index is 3.24. The van der Waals surface area contributed by atoms with Gasteiger partial charge in [0.25, 0.3) is 0 Å². The minimum absolute atomic E-state index is 0.716. The molecule has 0 radical (unpaired) electrons. The highest BCUT2D eigenvalue weighted by molar-refractivity contribution is 9.09. The van der Waals surface area contributed by atoms with Crippen LogP contribution in [0.2, 0.25) is 0 Å². The number of alkyl halides is 1. The molecule has 0 bridgehead atoms. The van der Waals surface area contributed by atoms with E-state index in [1.807, 2.05) is 0 Å². The summed E-state index contributed by atoms with van der Waals surface area (Å²) in [5.74, 6) is 12.9. The molecule has 72 valence electrons. The van der Waals surface area contributed by atoms with Gasteiger partial charge in [0.2, 0.25) is 0 Å². The molecule has 1 heteroatoms. The SMILES string of the molecule is CC(C)CCCC#CCC#CCBr. The van der Waals surface area contributed by atoms with Crippen LogP contribution in [-0.4, -0.2) is 5.33 Å². The van der Waals surface area contributed by atoms with Gasteiger partial charge in [-0.3, -0.25) is 0 Å². The average molecular weight is 241 g/mol. The van der Waals surface area contributed by atoms with Crippen LogP contribution in [0, 0.1) is 29.6 Å². The second-order valence-corrected chi connectivity index (χ2v) is 3.86. The molecule has 0 aromatic rings. The lowest BCUT2D eigenvalue weighted by atomic mass is 10.1. The normalized spacial score (nSPS) is 8.62. The Balaban J connectivity index is 3.30. The number of hydrogen-bond donors (Lipinski definition) is 0. The van der Waals surface area contributed by atoms with Crippen molar-refractivity contribution in [2.45, 2.75) is 39.5 Å². The standard InChI is InChI=1S/C12H17Br/c1-12(2)10-8-6-4-3-5-7-9-11-13/h12H,5-6,8,10-11H2,1-2H3. The van der Waals surface area contributed by atoms with E-state index >= 15 is 0 Å². The topological polar surface area (TPSA) is 0 Å². The monoisotopic (exact) mass is 240 g/mol. The third-order valence-electron chi connectivity index (χ3n) is 1.58. The van der Waals surface area contributed by atoms with Gasteiger partial charge < -0.3 is 0 Å². The highest BCUT2D eigenvalue weighted by Gasteiger charge is 1.90. The third kappa shape index (κ3) is 11.6. The Morgan fingerprint density at radius 1 is 1.08 bits per heavy atom. The molecule has 0 nitrogen and oxygen atoms in total. The summed E-state index contributed by atoms with van der Waals surface area (Å²) in [5, 5.41) is 0.752. The second-order valence-electron chi connectivity index (χ2n) is 3.30. The summed E-state index contributed by atoms with van der Waals surface area (Å²) in [4.78, 5) is 0. The molecule has 0 saturated heterocycles. The van der Waals surface area contributed by atoms with E-state index in [2.05, 4.69) is 53.5 Å². The Hall–Kier alpha value is -0.400. The van der Waals surface area contributed by atoms with Crippen LogP contribution >= 0.6 is 15.9 Å². The Labute approximate surface area is 90.6 Å². The largest absolute Gasteiger partial charge is 0.102 e. The summed E-state index contributed by atoms with van der Waals surface area (Å²) >= 11 is 3.24. The van der Waals surface area contributed by atoms with E-state index < -0.39 is 0 Å². The van der Waals surface area contributed by atoms with Gasteiger partial charge in [-0.2, -0.15) is 0 Å². The maximum Gasteiger partial charge on any atom is 0.0702 e. The van der Waals surface area contributed by atoms with Gasteiger partial charge in [-0.05, 0) is 12.3 Å². The van der Waals surface area contributed by atoms with Crippen molar-refractivity contribution in [3.8, 4) is 23.7 Å². The van der Waals surface area contributed by atoms with Crippen molar-refractivity contribution in [2.75, 3.05) is 5.33 Å². The number of hydrogen-bond acceptors (Lipinski definition) is 0. The summed E-state index contributed by atoms with van der Waals surface area (Å²) in [6.07, 6.45) is 4.24. The van der Waals surface area contributed by atoms with Gasteiger partial charge in [0.1, 0.15) is 0 Å². The summed E-state index contributed by atoms with van der Waals surface area (Å²) in [7, 11) is 0. The molecule has 0 aliphatic rings. The van der Waals surface area contributed by atoms with Crippen molar-refractivity contribution in [2.24, 2.45) is 5.92 Å². The third-order valence-corrected chi connectivity index (χ3v) is 1.86. The van der Waals surface area contributed by atoms with Gasteiger partial charge >= 0.3 is 0 Å². The second kappa shape index (κ2) is 9.69. The van der Waals surface area contributed by atoms with Gasteiger partial charge in [0.05, 0.1) is 11.8 Å². The van der Waals surface area contributed by atoms with Crippen LogP contribution in [0.5, 0.6) is 0 Å². The summed E-state index contributed by atoms with van der Waals surface area (Å²) in [6, 6.07) is 0. The van der Waals surface area contributed by atoms with Crippen LogP contribution in [0.15, 0.2) is 0 Å². The van der Waals surface area contributed by atoms with Gasteiger partial charge in [-0.25, -0.2) is 0 Å². The molecule has 0 heterocycles. The van der Waals surface area contributed by atoms with Crippen molar-refractivity contribution >= 4 is 15.9 Å². The van der Waals surface area contributed by atoms with Gasteiger partial charge in [0.15, 0.2) is 0 Å². The lowest BCUT2D eigenvalue weighted by molar-refractivity contribution is 0.562. The van der Waals surface area contributed by atoms with Crippen LogP contribution in [-0.2, 0) is 0 Å². The zero-order valence-corrected chi connectivity index (χ0v) is 10.1. The first kappa shape index (κ1) is 12.6. The molecular weight excluding hydrogens is 224 g/mol. The summed E-state index contributed by atoms with van der Waals surface area (Å²) in [5.41, 5.74) is 0. The lowest BCUT2D eigenvalue weighted by Gasteiger charge is -1.98. The molecule has 0 aromatic heterocycles. The Morgan fingerprint density at radius 3 is 2.38 bits per heavy atom. The number of rotatable bonds is 3. The van der Waals surface area contributed by atoms with E-state index in [4.69, 9.17) is 0 Å². The molecule has 0 aliphatic carbocycles. The number of halogens is 1. The van der Waals surface area contributed by atoms with Crippen molar-refractivity contribution in [3.05, 3.63) is 0 Å². The van der Waals surface area contributed by atoms with E-state index in [0.29, 0.717) is 6.42 Å². The molecule has 0 rings (SSSR count). The number of unbranched alkanes of at least 4 members (excludes halogenated alkanes) is 1. The van der Waals surface area contributed by atoms with E-state index in [0.717, 1.165) is 17.7 Å². The molecule has 0 spiro atoms. The molecule has 0 saturated carbocycles. The van der Waals surface area contributed by atoms with Crippen molar-refractivity contribution in [1.82, 2.24) is 0 Å². The zero-order valence-electron chi connectivity index (χ0n) is 8.49. The predicted molar refractivity (Wildman–Crippen MR) is 62.7 cm³/mol. The quantitative estimate of drug-likeness (QED) is 0.402. The minimum atomic E-state index is 0.716. The Morgan fingerprint density at radius 2 is 1.77 bits per heavy atom. The first-order chi connectivity index (χ1) is 6.27. The molecular formula is C12H17Br. The van der Waals surface area contributed by atoms with E-state index in [9.17, 15) is 0 Å². The first-order valence-electron chi connectivity index (χ1n) is 4.74. The van der Waals surface area contributed by atoms with Gasteiger partial charge in [0, 0.05) is 6.42 Å². The fourth-order valence-corrected chi connectivity index (χ4v) is 1.10. The molecule has 0 atom stereocenters. The van der Waals surface area contributed by atoms with E-state index in [1.165, 1.54) is 12.8 Å². The molecule has 0 aromatic carbocycles. The van der Waals surface area contributed by atoms with E-state index in [-0.39, 0.29) is 0 Å². The first-order valence-corrected chi connectivity index (χ1v) is 5.87. The fraction of sp³-hybridized carbons (Fsp3) is 0.667. The molecule has 0 aliphatic heterocycles. The van der Waals surface area contributed by atoms with Gasteiger partial charge in [-0.15, -0.1) is 5.92 Å². The molecule has 13 heavy (non-hydrogen) atoms. The maximum absolute atomic E-state index is 3.24. The fourth-order valence-electron chi connectivity index (χ4n) is 0.904. The van der Waals surface area contributed by atoms with Crippen LogP contribution in [0.4, 0.5) is 0 Å². The summed E-state index contributed by atoms with van der Waals surface area (Å²) in [6.45, 7) is 4.49. The average Bonchev–Trinajstić information content (AvgIpc) is 2.09. The smallest absolute Gasteiger partial charge is 0.0702 e.